The van der Waals surface area contributed by atoms with E-state index in [9.17, 15) is 4.79 Å². The predicted molar refractivity (Wildman–Crippen MR) is 135 cm³/mol. The fraction of sp³-hybridized carbons (Fsp3) is 0.111. The fourth-order valence-electron chi connectivity index (χ4n) is 4.01. The summed E-state index contributed by atoms with van der Waals surface area (Å²) in [6, 6.07) is 16.7. The summed E-state index contributed by atoms with van der Waals surface area (Å²) in [5, 5.41) is 5.40. The van der Waals surface area contributed by atoms with E-state index in [1.165, 1.54) is 0 Å². The molecular weight excluding hydrogens is 442 g/mol. The Morgan fingerprint density at radius 2 is 1.77 bits per heavy atom. The number of hydrogen-bond acceptors (Lipinski definition) is 7. The second-order valence-corrected chi connectivity index (χ2v) is 7.96. The number of nitrogens with one attached hydrogen (secondary N) is 1. The summed E-state index contributed by atoms with van der Waals surface area (Å²) in [5.74, 6) is 1.36. The quantitative estimate of drug-likeness (QED) is 0.358. The van der Waals surface area contributed by atoms with Gasteiger partial charge in [-0.2, -0.15) is 0 Å². The summed E-state index contributed by atoms with van der Waals surface area (Å²) in [6.45, 7) is 0.391. The molecule has 5 rings (SSSR count). The van der Waals surface area contributed by atoms with Crippen molar-refractivity contribution < 1.29 is 14.3 Å². The summed E-state index contributed by atoms with van der Waals surface area (Å²) in [5.41, 5.74) is 9.95. The number of methoxy groups -OCH3 is 2. The zero-order valence-electron chi connectivity index (χ0n) is 19.3. The number of carbonyl (C=O) groups excluding carboxylic acids is 1. The maximum atomic E-state index is 12.8. The zero-order valence-corrected chi connectivity index (χ0v) is 19.3. The lowest BCUT2D eigenvalue weighted by atomic mass is 10.0. The van der Waals surface area contributed by atoms with Crippen molar-refractivity contribution in [3.63, 3.8) is 0 Å². The first kappa shape index (κ1) is 22.1. The Hall–Kier alpha value is -4.72. The largest absolute Gasteiger partial charge is 0.493 e. The first-order chi connectivity index (χ1) is 17.1. The number of nitrogens with zero attached hydrogens (tertiary/aromatic N) is 3. The Balaban J connectivity index is 1.54. The van der Waals surface area contributed by atoms with Crippen LogP contribution in [-0.4, -0.2) is 35.1 Å². The van der Waals surface area contributed by atoms with Gasteiger partial charge in [-0.3, -0.25) is 14.8 Å². The summed E-state index contributed by atoms with van der Waals surface area (Å²) in [4.78, 5) is 26.0. The van der Waals surface area contributed by atoms with Crippen LogP contribution in [0.2, 0.25) is 0 Å². The maximum Gasteiger partial charge on any atom is 0.251 e. The predicted octanol–water partition coefficient (Wildman–Crippen LogP) is 4.37. The first-order valence-corrected chi connectivity index (χ1v) is 11.0. The van der Waals surface area contributed by atoms with Gasteiger partial charge in [-0.05, 0) is 41.3 Å². The zero-order chi connectivity index (χ0) is 24.4. The molecule has 0 aliphatic rings. The van der Waals surface area contributed by atoms with Crippen LogP contribution in [0.15, 0.2) is 73.2 Å². The Bertz CT molecular complexity index is 1550. The van der Waals surface area contributed by atoms with E-state index < -0.39 is 0 Å². The highest BCUT2D eigenvalue weighted by Crippen LogP contribution is 2.37. The molecule has 0 spiro atoms. The lowest BCUT2D eigenvalue weighted by Crippen LogP contribution is -2.22. The van der Waals surface area contributed by atoms with Crippen LogP contribution in [-0.2, 0) is 6.54 Å². The Morgan fingerprint density at radius 3 is 2.54 bits per heavy atom. The number of rotatable bonds is 6. The molecule has 0 fully saturated rings. The summed E-state index contributed by atoms with van der Waals surface area (Å²) in [7, 11) is 3.18. The summed E-state index contributed by atoms with van der Waals surface area (Å²) >= 11 is 0. The number of pyridine rings is 3. The molecule has 8 nitrogen and oxygen atoms in total. The van der Waals surface area contributed by atoms with Gasteiger partial charge in [0.15, 0.2) is 11.5 Å². The number of nitrogens with two attached hydrogens (primary N) is 1. The van der Waals surface area contributed by atoms with Crippen LogP contribution in [0.5, 0.6) is 11.5 Å². The van der Waals surface area contributed by atoms with Crippen molar-refractivity contribution in [2.24, 2.45) is 0 Å². The number of hydrogen-bond donors (Lipinski definition) is 2. The summed E-state index contributed by atoms with van der Waals surface area (Å²) < 4.78 is 10.9. The highest BCUT2D eigenvalue weighted by molar-refractivity contribution is 6.10. The van der Waals surface area contributed by atoms with Gasteiger partial charge in [0, 0.05) is 53.1 Å². The lowest BCUT2D eigenvalue weighted by molar-refractivity contribution is 0.0951. The van der Waals surface area contributed by atoms with E-state index in [2.05, 4.69) is 20.3 Å². The van der Waals surface area contributed by atoms with Crippen molar-refractivity contribution in [3.05, 3.63) is 84.3 Å². The third kappa shape index (κ3) is 4.29. The van der Waals surface area contributed by atoms with Crippen LogP contribution in [0.25, 0.3) is 32.9 Å². The second-order valence-electron chi connectivity index (χ2n) is 7.96. The maximum absolute atomic E-state index is 12.8. The SMILES string of the molecule is COc1cc2ncc3c(N)nc(-c4cccc(C(=O)NCc5cccnc5)c4)cc3c2cc1OC. The van der Waals surface area contributed by atoms with Crippen molar-refractivity contribution in [1.29, 1.82) is 0 Å². The van der Waals surface area contributed by atoms with Crippen LogP contribution < -0.4 is 20.5 Å². The molecule has 5 aromatic rings. The molecule has 0 radical (unpaired) electrons. The number of aromatic nitrogens is 3. The molecule has 0 atom stereocenters. The molecule has 35 heavy (non-hydrogen) atoms. The Labute approximate surface area is 201 Å². The van der Waals surface area contributed by atoms with Crippen molar-refractivity contribution in [2.75, 3.05) is 20.0 Å². The van der Waals surface area contributed by atoms with Gasteiger partial charge in [0.05, 0.1) is 25.4 Å². The highest BCUT2D eigenvalue weighted by atomic mass is 16.5. The van der Waals surface area contributed by atoms with E-state index in [4.69, 9.17) is 15.2 Å². The van der Waals surface area contributed by atoms with Gasteiger partial charge in [0.25, 0.3) is 5.91 Å². The monoisotopic (exact) mass is 465 g/mol. The minimum atomic E-state index is -0.184. The molecule has 0 unspecified atom stereocenters. The van der Waals surface area contributed by atoms with Crippen molar-refractivity contribution in [1.82, 2.24) is 20.3 Å². The smallest absolute Gasteiger partial charge is 0.251 e. The number of fused-ring (bicyclic) bond motifs is 3. The van der Waals surface area contributed by atoms with E-state index >= 15 is 0 Å². The average molecular weight is 466 g/mol. The third-order valence-electron chi connectivity index (χ3n) is 5.81. The van der Waals surface area contributed by atoms with E-state index in [1.807, 2.05) is 42.5 Å². The van der Waals surface area contributed by atoms with Crippen LogP contribution in [0, 0.1) is 0 Å². The molecule has 0 bridgehead atoms. The average Bonchev–Trinajstić information content (AvgIpc) is 2.91. The van der Waals surface area contributed by atoms with Gasteiger partial charge in [-0.15, -0.1) is 0 Å². The van der Waals surface area contributed by atoms with Crippen LogP contribution in [0.3, 0.4) is 0 Å². The molecule has 3 N–H and O–H groups in total. The van der Waals surface area contributed by atoms with Crippen molar-refractivity contribution in [2.45, 2.75) is 6.54 Å². The van der Waals surface area contributed by atoms with Crippen molar-refractivity contribution >= 4 is 33.4 Å². The molecule has 3 heterocycles. The molecule has 0 saturated carbocycles. The Kier molecular flexibility index (Phi) is 5.85. The number of anilines is 1. The van der Waals surface area contributed by atoms with E-state index in [0.717, 1.165) is 32.8 Å². The molecule has 2 aromatic carbocycles. The van der Waals surface area contributed by atoms with Crippen molar-refractivity contribution in [3.8, 4) is 22.8 Å². The first-order valence-electron chi connectivity index (χ1n) is 11.0. The van der Waals surface area contributed by atoms with Gasteiger partial charge in [0.1, 0.15) is 5.82 Å². The number of carbonyl (C=O) groups is 1. The minimum absolute atomic E-state index is 0.184. The van der Waals surface area contributed by atoms with E-state index in [1.54, 1.807) is 44.9 Å². The molecule has 0 aliphatic carbocycles. The van der Waals surface area contributed by atoms with Gasteiger partial charge >= 0.3 is 0 Å². The molecule has 0 saturated heterocycles. The van der Waals surface area contributed by atoms with E-state index in [-0.39, 0.29) is 5.91 Å². The highest BCUT2D eigenvalue weighted by Gasteiger charge is 2.14. The normalized spacial score (nSPS) is 10.9. The van der Waals surface area contributed by atoms with Gasteiger partial charge < -0.3 is 20.5 Å². The lowest BCUT2D eigenvalue weighted by Gasteiger charge is -2.12. The van der Waals surface area contributed by atoms with Gasteiger partial charge in [-0.25, -0.2) is 4.98 Å². The second kappa shape index (κ2) is 9.26. The Morgan fingerprint density at radius 1 is 0.943 bits per heavy atom. The minimum Gasteiger partial charge on any atom is -0.493 e. The molecule has 174 valence electrons. The number of ether oxygens (including phenoxy) is 2. The standard InChI is InChI=1S/C27H23N5O3/c1-34-24-11-20-19-10-22(32-26(28)21(19)15-30-23(20)12-25(24)35-2)17-6-3-7-18(9-17)27(33)31-14-16-5-4-8-29-13-16/h3-13,15H,14H2,1-2H3,(H2,28,32)(H,31,33). The van der Waals surface area contributed by atoms with Crippen LogP contribution in [0.4, 0.5) is 5.82 Å². The molecule has 1 amide bonds. The number of benzene rings is 2. The van der Waals surface area contributed by atoms with E-state index in [0.29, 0.717) is 35.1 Å². The number of amides is 1. The van der Waals surface area contributed by atoms with Gasteiger partial charge in [-0.1, -0.05) is 18.2 Å². The molecular formula is C27H23N5O3. The van der Waals surface area contributed by atoms with Crippen LogP contribution >= 0.6 is 0 Å². The van der Waals surface area contributed by atoms with Crippen LogP contribution in [0.1, 0.15) is 15.9 Å². The molecule has 8 heteroatoms. The summed E-state index contributed by atoms with van der Waals surface area (Å²) in [6.07, 6.45) is 5.13. The fourth-order valence-corrected chi connectivity index (χ4v) is 4.01. The molecule has 3 aromatic heterocycles. The third-order valence-corrected chi connectivity index (χ3v) is 5.81. The molecule has 0 aliphatic heterocycles. The number of nitrogen functional groups attached to an aromatic ring is 1. The van der Waals surface area contributed by atoms with Gasteiger partial charge in [0.2, 0.25) is 0 Å². The topological polar surface area (TPSA) is 112 Å².